The lowest BCUT2D eigenvalue weighted by Crippen LogP contribution is -2.33. The van der Waals surface area contributed by atoms with Gasteiger partial charge in [0.1, 0.15) is 12.2 Å². The van der Waals surface area contributed by atoms with Crippen molar-refractivity contribution in [2.45, 2.75) is 30.1 Å². The van der Waals surface area contributed by atoms with E-state index in [0.29, 0.717) is 18.1 Å². The van der Waals surface area contributed by atoms with Crippen LogP contribution < -0.4 is 0 Å². The molecule has 3 rings (SSSR count). The zero-order valence-corrected chi connectivity index (χ0v) is 13.9. The SMILES string of the molecule is Cc1ccc(S(=O)(=O)C[C@@H]2CO[C@H]3[C@@H]2OC[C@H]3OCCO)cc1. The number of aliphatic hydroxyl groups excluding tert-OH is 1. The van der Waals surface area contributed by atoms with Crippen molar-refractivity contribution in [2.75, 3.05) is 32.2 Å². The van der Waals surface area contributed by atoms with E-state index in [4.69, 9.17) is 19.3 Å². The highest BCUT2D eigenvalue weighted by Crippen LogP contribution is 2.34. The summed E-state index contributed by atoms with van der Waals surface area (Å²) < 4.78 is 42.0. The number of hydrogen-bond donors (Lipinski definition) is 1. The third-order valence-corrected chi connectivity index (χ3v) is 6.20. The van der Waals surface area contributed by atoms with Gasteiger partial charge in [-0.15, -0.1) is 0 Å². The van der Waals surface area contributed by atoms with Gasteiger partial charge < -0.3 is 19.3 Å². The summed E-state index contributed by atoms with van der Waals surface area (Å²) in [7, 11) is -3.37. The smallest absolute Gasteiger partial charge is 0.178 e. The molecule has 2 aliphatic rings. The Morgan fingerprint density at radius 1 is 1.17 bits per heavy atom. The van der Waals surface area contributed by atoms with Crippen LogP contribution in [0, 0.1) is 12.8 Å². The van der Waals surface area contributed by atoms with E-state index in [2.05, 4.69) is 0 Å². The highest BCUT2D eigenvalue weighted by atomic mass is 32.2. The number of ether oxygens (including phenoxy) is 3. The molecule has 0 aliphatic carbocycles. The van der Waals surface area contributed by atoms with Crippen molar-refractivity contribution in [2.24, 2.45) is 5.92 Å². The molecule has 2 aliphatic heterocycles. The molecule has 0 saturated carbocycles. The average Bonchev–Trinajstić information content (AvgIpc) is 3.09. The van der Waals surface area contributed by atoms with Crippen molar-refractivity contribution < 1.29 is 27.7 Å². The summed E-state index contributed by atoms with van der Waals surface area (Å²) in [4.78, 5) is 0.331. The molecule has 4 atom stereocenters. The first kappa shape index (κ1) is 16.9. The molecule has 0 amide bonds. The maximum atomic E-state index is 12.6. The van der Waals surface area contributed by atoms with Gasteiger partial charge in [-0.05, 0) is 19.1 Å². The summed E-state index contributed by atoms with van der Waals surface area (Å²) in [6, 6.07) is 6.87. The number of hydrogen-bond acceptors (Lipinski definition) is 6. The Bertz CT molecular complexity index is 626. The van der Waals surface area contributed by atoms with E-state index >= 15 is 0 Å². The molecule has 1 N–H and O–H groups in total. The minimum Gasteiger partial charge on any atom is -0.394 e. The number of benzene rings is 1. The quantitative estimate of drug-likeness (QED) is 0.813. The first-order chi connectivity index (χ1) is 11.0. The van der Waals surface area contributed by atoms with E-state index in [1.54, 1.807) is 24.3 Å². The summed E-state index contributed by atoms with van der Waals surface area (Å²) in [6.07, 6.45) is -0.752. The Balaban J connectivity index is 1.66. The van der Waals surface area contributed by atoms with Crippen LogP contribution in [0.5, 0.6) is 0 Å². The molecule has 0 spiro atoms. The normalized spacial score (nSPS) is 30.5. The van der Waals surface area contributed by atoms with Gasteiger partial charge in [-0.1, -0.05) is 17.7 Å². The van der Waals surface area contributed by atoms with E-state index in [1.165, 1.54) is 0 Å². The minimum atomic E-state index is -3.37. The second-order valence-electron chi connectivity index (χ2n) is 6.08. The molecule has 2 fully saturated rings. The van der Waals surface area contributed by atoms with Crippen LogP contribution in [0.3, 0.4) is 0 Å². The average molecular weight is 342 g/mol. The van der Waals surface area contributed by atoms with Crippen LogP contribution in [0.1, 0.15) is 5.56 Å². The van der Waals surface area contributed by atoms with Crippen molar-refractivity contribution in [3.05, 3.63) is 29.8 Å². The molecular formula is C16H22O6S. The van der Waals surface area contributed by atoms with Gasteiger partial charge in [0.15, 0.2) is 9.84 Å². The van der Waals surface area contributed by atoms with Crippen LogP contribution in [-0.2, 0) is 24.0 Å². The molecule has 1 aromatic carbocycles. The second-order valence-corrected chi connectivity index (χ2v) is 8.12. The molecule has 0 unspecified atom stereocenters. The van der Waals surface area contributed by atoms with Crippen LogP contribution in [0.4, 0.5) is 0 Å². The lowest BCUT2D eigenvalue weighted by atomic mass is 10.0. The summed E-state index contributed by atoms with van der Waals surface area (Å²) >= 11 is 0. The van der Waals surface area contributed by atoms with E-state index < -0.39 is 9.84 Å². The molecule has 2 heterocycles. The van der Waals surface area contributed by atoms with Gasteiger partial charge in [-0.2, -0.15) is 0 Å². The van der Waals surface area contributed by atoms with Crippen LogP contribution in [0.2, 0.25) is 0 Å². The molecule has 0 bridgehead atoms. The molecule has 2 saturated heterocycles. The highest BCUT2D eigenvalue weighted by Gasteiger charge is 2.49. The van der Waals surface area contributed by atoms with Crippen LogP contribution in [0.15, 0.2) is 29.2 Å². The Kier molecular flexibility index (Phi) is 5.03. The molecule has 7 heteroatoms. The van der Waals surface area contributed by atoms with Gasteiger partial charge in [-0.3, -0.25) is 0 Å². The van der Waals surface area contributed by atoms with Crippen molar-refractivity contribution >= 4 is 9.84 Å². The minimum absolute atomic E-state index is 0.00392. The Morgan fingerprint density at radius 3 is 2.57 bits per heavy atom. The van der Waals surface area contributed by atoms with Crippen LogP contribution >= 0.6 is 0 Å². The third-order valence-electron chi connectivity index (χ3n) is 4.35. The monoisotopic (exact) mass is 342 g/mol. The molecule has 0 radical (unpaired) electrons. The van der Waals surface area contributed by atoms with Crippen LogP contribution in [0.25, 0.3) is 0 Å². The highest BCUT2D eigenvalue weighted by molar-refractivity contribution is 7.91. The number of aliphatic hydroxyl groups is 1. The third kappa shape index (κ3) is 3.59. The van der Waals surface area contributed by atoms with Gasteiger partial charge in [0.05, 0.1) is 43.2 Å². The van der Waals surface area contributed by atoms with Crippen molar-refractivity contribution in [3.63, 3.8) is 0 Å². The zero-order chi connectivity index (χ0) is 16.4. The summed E-state index contributed by atoms with van der Waals surface area (Å²) in [5.74, 6) is -0.196. The predicted molar refractivity (Wildman–Crippen MR) is 83.0 cm³/mol. The molecule has 0 aromatic heterocycles. The van der Waals surface area contributed by atoms with Crippen molar-refractivity contribution in [3.8, 4) is 0 Å². The molecule has 6 nitrogen and oxygen atoms in total. The van der Waals surface area contributed by atoms with Crippen LogP contribution in [-0.4, -0.2) is 64.0 Å². The summed E-state index contributed by atoms with van der Waals surface area (Å²) in [5, 5.41) is 8.83. The van der Waals surface area contributed by atoms with Crippen molar-refractivity contribution in [1.29, 1.82) is 0 Å². The number of sulfone groups is 1. The maximum Gasteiger partial charge on any atom is 0.178 e. The summed E-state index contributed by atoms with van der Waals surface area (Å²) in [5.41, 5.74) is 1.02. The fraction of sp³-hybridized carbons (Fsp3) is 0.625. The Morgan fingerprint density at radius 2 is 1.87 bits per heavy atom. The molecular weight excluding hydrogens is 320 g/mol. The van der Waals surface area contributed by atoms with E-state index in [9.17, 15) is 8.42 Å². The largest absolute Gasteiger partial charge is 0.394 e. The number of rotatable bonds is 6. The lowest BCUT2D eigenvalue weighted by Gasteiger charge is -2.17. The molecule has 23 heavy (non-hydrogen) atoms. The van der Waals surface area contributed by atoms with E-state index in [0.717, 1.165) is 5.56 Å². The fourth-order valence-corrected chi connectivity index (χ4v) is 4.75. The van der Waals surface area contributed by atoms with Gasteiger partial charge >= 0.3 is 0 Å². The fourth-order valence-electron chi connectivity index (χ4n) is 3.16. The van der Waals surface area contributed by atoms with Gasteiger partial charge in [0.25, 0.3) is 0 Å². The standard InChI is InChI=1S/C16H22O6S/c1-11-2-4-13(5-3-11)23(18,19)10-12-8-21-16-14(20-7-6-17)9-22-15(12)16/h2-5,12,14-17H,6-10H2,1H3/t12-,14+,15+,16+/m0/s1. The lowest BCUT2D eigenvalue weighted by molar-refractivity contribution is -0.0415. The molecule has 1 aromatic rings. The molecule has 128 valence electrons. The summed E-state index contributed by atoms with van der Waals surface area (Å²) in [6.45, 7) is 2.81. The van der Waals surface area contributed by atoms with Crippen molar-refractivity contribution in [1.82, 2.24) is 0 Å². The topological polar surface area (TPSA) is 82.1 Å². The number of aryl methyl sites for hydroxylation is 1. The first-order valence-corrected chi connectivity index (χ1v) is 9.41. The Labute approximate surface area is 136 Å². The van der Waals surface area contributed by atoms with E-state index in [-0.39, 0.29) is 43.2 Å². The first-order valence-electron chi connectivity index (χ1n) is 7.76. The second kappa shape index (κ2) is 6.86. The zero-order valence-electron chi connectivity index (χ0n) is 13.1. The van der Waals surface area contributed by atoms with Gasteiger partial charge in [0, 0.05) is 5.92 Å². The number of fused-ring (bicyclic) bond motifs is 1. The van der Waals surface area contributed by atoms with Gasteiger partial charge in [-0.25, -0.2) is 8.42 Å². The van der Waals surface area contributed by atoms with E-state index in [1.807, 2.05) is 6.92 Å². The predicted octanol–water partition coefficient (Wildman–Crippen LogP) is 0.560. The van der Waals surface area contributed by atoms with Gasteiger partial charge in [0.2, 0.25) is 0 Å². The Hall–Kier alpha value is -0.990. The maximum absolute atomic E-state index is 12.6.